The number of anilines is 1. The number of hydrogen-bond acceptors (Lipinski definition) is 7. The van der Waals surface area contributed by atoms with E-state index >= 15 is 0 Å². The minimum atomic E-state index is -0.463. The number of carbonyl (C=O) groups is 1. The number of benzene rings is 1. The van der Waals surface area contributed by atoms with Crippen molar-refractivity contribution in [1.29, 1.82) is 0 Å². The number of rotatable bonds is 4. The van der Waals surface area contributed by atoms with E-state index in [4.69, 9.17) is 15.7 Å². The zero-order chi connectivity index (χ0) is 14.5. The van der Waals surface area contributed by atoms with E-state index in [1.165, 1.54) is 12.5 Å². The van der Waals surface area contributed by atoms with Crippen LogP contribution in [-0.4, -0.2) is 33.6 Å². The molecular weight excluding hydrogens is 282 g/mol. The molecule has 0 aliphatic carbocycles. The van der Waals surface area contributed by atoms with E-state index in [-0.39, 0.29) is 11.5 Å². The molecule has 9 heteroatoms. The molecule has 1 amide bonds. The second-order valence-electron chi connectivity index (χ2n) is 3.61. The minimum Gasteiger partial charge on any atom is -0.495 e. The Kier molecular flexibility index (Phi) is 4.11. The third-order valence-electron chi connectivity index (χ3n) is 2.46. The summed E-state index contributed by atoms with van der Waals surface area (Å²) in [5.41, 5.74) is 6.38. The van der Waals surface area contributed by atoms with Gasteiger partial charge in [0.1, 0.15) is 5.75 Å². The SMILES string of the molecule is COc1cccc(/C(N)=N/O)c1NC(=O)c1csnn1. The van der Waals surface area contributed by atoms with Crippen molar-refractivity contribution in [2.45, 2.75) is 0 Å². The summed E-state index contributed by atoms with van der Waals surface area (Å²) in [6, 6.07) is 4.89. The van der Waals surface area contributed by atoms with Crippen LogP contribution in [-0.2, 0) is 0 Å². The van der Waals surface area contributed by atoms with E-state index in [1.54, 1.807) is 18.2 Å². The van der Waals surface area contributed by atoms with Crippen LogP contribution in [0.5, 0.6) is 5.75 Å². The zero-order valence-electron chi connectivity index (χ0n) is 10.4. The summed E-state index contributed by atoms with van der Waals surface area (Å²) < 4.78 is 8.77. The van der Waals surface area contributed by atoms with E-state index in [1.807, 2.05) is 0 Å². The van der Waals surface area contributed by atoms with E-state index in [0.717, 1.165) is 11.5 Å². The summed E-state index contributed by atoms with van der Waals surface area (Å²) in [5.74, 6) is -0.225. The van der Waals surface area contributed by atoms with Crippen LogP contribution < -0.4 is 15.8 Å². The van der Waals surface area contributed by atoms with Gasteiger partial charge in [-0.05, 0) is 23.7 Å². The molecule has 0 fully saturated rings. The van der Waals surface area contributed by atoms with E-state index < -0.39 is 5.91 Å². The van der Waals surface area contributed by atoms with Crippen molar-refractivity contribution >= 4 is 29.0 Å². The van der Waals surface area contributed by atoms with Gasteiger partial charge in [0.15, 0.2) is 11.5 Å². The molecule has 0 saturated carbocycles. The van der Waals surface area contributed by atoms with Crippen molar-refractivity contribution in [2.75, 3.05) is 12.4 Å². The Morgan fingerprint density at radius 3 is 2.95 bits per heavy atom. The highest BCUT2D eigenvalue weighted by molar-refractivity contribution is 7.03. The predicted molar refractivity (Wildman–Crippen MR) is 73.4 cm³/mol. The molecule has 104 valence electrons. The maximum atomic E-state index is 12.0. The normalized spacial score (nSPS) is 11.2. The van der Waals surface area contributed by atoms with Crippen LogP contribution in [0, 0.1) is 0 Å². The van der Waals surface area contributed by atoms with Gasteiger partial charge in [0.2, 0.25) is 0 Å². The summed E-state index contributed by atoms with van der Waals surface area (Å²) >= 11 is 1.06. The Bertz CT molecular complexity index is 642. The van der Waals surface area contributed by atoms with Gasteiger partial charge in [0.05, 0.1) is 12.8 Å². The smallest absolute Gasteiger partial charge is 0.277 e. The highest BCUT2D eigenvalue weighted by atomic mass is 32.1. The van der Waals surface area contributed by atoms with Gasteiger partial charge in [-0.2, -0.15) is 0 Å². The number of methoxy groups -OCH3 is 1. The summed E-state index contributed by atoms with van der Waals surface area (Å²) in [6.45, 7) is 0. The molecular formula is C11H11N5O3S. The predicted octanol–water partition coefficient (Wildman–Crippen LogP) is 0.893. The second-order valence-corrected chi connectivity index (χ2v) is 4.22. The maximum Gasteiger partial charge on any atom is 0.277 e. The first-order valence-corrected chi connectivity index (χ1v) is 6.24. The molecule has 4 N–H and O–H groups in total. The van der Waals surface area contributed by atoms with Crippen molar-refractivity contribution < 1.29 is 14.7 Å². The molecule has 0 aliphatic rings. The quantitative estimate of drug-likeness (QED) is 0.333. The standard InChI is InChI=1S/C11H11N5O3S/c1-19-8-4-2-3-6(10(12)15-18)9(8)13-11(17)7-5-20-16-14-7/h2-5,18H,1H3,(H2,12,15)(H,13,17). The molecule has 0 spiro atoms. The number of nitrogens with zero attached hydrogens (tertiary/aromatic N) is 3. The lowest BCUT2D eigenvalue weighted by molar-refractivity contribution is 0.102. The number of aromatic nitrogens is 2. The van der Waals surface area contributed by atoms with Crippen molar-refractivity contribution in [1.82, 2.24) is 9.59 Å². The van der Waals surface area contributed by atoms with E-state index in [2.05, 4.69) is 20.1 Å². The van der Waals surface area contributed by atoms with Crippen LogP contribution >= 0.6 is 11.5 Å². The number of nitrogens with two attached hydrogens (primary N) is 1. The molecule has 8 nitrogen and oxygen atoms in total. The summed E-state index contributed by atoms with van der Waals surface area (Å²) in [4.78, 5) is 12.0. The zero-order valence-corrected chi connectivity index (χ0v) is 11.2. The Balaban J connectivity index is 2.41. The Hall–Kier alpha value is -2.68. The molecule has 0 aliphatic heterocycles. The highest BCUT2D eigenvalue weighted by Crippen LogP contribution is 2.28. The number of carbonyl (C=O) groups excluding carboxylic acids is 1. The third kappa shape index (κ3) is 2.67. The molecule has 1 aromatic carbocycles. The van der Waals surface area contributed by atoms with Crippen LogP contribution in [0.15, 0.2) is 28.7 Å². The summed E-state index contributed by atoms with van der Waals surface area (Å²) in [7, 11) is 1.45. The fourth-order valence-electron chi connectivity index (χ4n) is 1.54. The lowest BCUT2D eigenvalue weighted by Gasteiger charge is -2.13. The Morgan fingerprint density at radius 2 is 2.35 bits per heavy atom. The Labute approximate surface area is 118 Å². The molecule has 0 unspecified atom stereocenters. The van der Waals surface area contributed by atoms with Gasteiger partial charge < -0.3 is 21.0 Å². The molecule has 1 aromatic heterocycles. The topological polar surface area (TPSA) is 123 Å². The maximum absolute atomic E-state index is 12.0. The largest absolute Gasteiger partial charge is 0.495 e. The molecule has 0 bridgehead atoms. The van der Waals surface area contributed by atoms with E-state index in [0.29, 0.717) is 17.0 Å². The van der Waals surface area contributed by atoms with Crippen LogP contribution in [0.2, 0.25) is 0 Å². The van der Waals surface area contributed by atoms with Gasteiger partial charge in [0, 0.05) is 10.9 Å². The van der Waals surface area contributed by atoms with Gasteiger partial charge >= 0.3 is 0 Å². The van der Waals surface area contributed by atoms with Crippen molar-refractivity contribution in [3.8, 4) is 5.75 Å². The van der Waals surface area contributed by atoms with Gasteiger partial charge in [-0.25, -0.2) is 0 Å². The monoisotopic (exact) mass is 293 g/mol. The average molecular weight is 293 g/mol. The number of amidine groups is 1. The number of nitrogens with one attached hydrogen (secondary N) is 1. The lowest BCUT2D eigenvalue weighted by Crippen LogP contribution is -2.20. The third-order valence-corrected chi connectivity index (χ3v) is 2.97. The fraction of sp³-hybridized carbons (Fsp3) is 0.0909. The molecule has 0 saturated heterocycles. The number of para-hydroxylation sites is 1. The van der Waals surface area contributed by atoms with E-state index in [9.17, 15) is 4.79 Å². The molecule has 20 heavy (non-hydrogen) atoms. The van der Waals surface area contributed by atoms with Gasteiger partial charge in [-0.3, -0.25) is 4.79 Å². The average Bonchev–Trinajstić information content (AvgIpc) is 3.01. The number of amides is 1. The number of hydrogen-bond donors (Lipinski definition) is 3. The van der Waals surface area contributed by atoms with Crippen LogP contribution in [0.1, 0.15) is 16.1 Å². The first kappa shape index (κ1) is 13.7. The Morgan fingerprint density at radius 1 is 1.55 bits per heavy atom. The molecule has 1 heterocycles. The molecule has 2 aromatic rings. The fourth-order valence-corrected chi connectivity index (χ4v) is 1.97. The first-order valence-electron chi connectivity index (χ1n) is 5.40. The lowest BCUT2D eigenvalue weighted by atomic mass is 10.1. The van der Waals surface area contributed by atoms with Gasteiger partial charge in [-0.15, -0.1) is 5.10 Å². The van der Waals surface area contributed by atoms with Crippen LogP contribution in [0.3, 0.4) is 0 Å². The summed E-state index contributed by atoms with van der Waals surface area (Å²) in [5, 5.41) is 19.5. The number of ether oxygens (including phenoxy) is 1. The first-order chi connectivity index (χ1) is 9.67. The van der Waals surface area contributed by atoms with Crippen LogP contribution in [0.4, 0.5) is 5.69 Å². The minimum absolute atomic E-state index is 0.143. The van der Waals surface area contributed by atoms with Crippen molar-refractivity contribution in [2.24, 2.45) is 10.9 Å². The molecule has 0 atom stereocenters. The van der Waals surface area contributed by atoms with Crippen molar-refractivity contribution in [3.63, 3.8) is 0 Å². The van der Waals surface area contributed by atoms with Crippen LogP contribution in [0.25, 0.3) is 0 Å². The van der Waals surface area contributed by atoms with Gasteiger partial charge in [0.25, 0.3) is 5.91 Å². The van der Waals surface area contributed by atoms with Crippen molar-refractivity contribution in [3.05, 3.63) is 34.8 Å². The molecule has 0 radical (unpaired) electrons. The highest BCUT2D eigenvalue weighted by Gasteiger charge is 2.17. The second kappa shape index (κ2) is 5.97. The van der Waals surface area contributed by atoms with Gasteiger partial charge in [-0.1, -0.05) is 15.7 Å². The number of oxime groups is 1. The molecule has 2 rings (SSSR count). The summed E-state index contributed by atoms with van der Waals surface area (Å²) in [6.07, 6.45) is 0.